The van der Waals surface area contributed by atoms with Crippen molar-refractivity contribution in [2.45, 2.75) is 51.6 Å². The van der Waals surface area contributed by atoms with Gasteiger partial charge in [0.2, 0.25) is 0 Å². The van der Waals surface area contributed by atoms with Gasteiger partial charge < -0.3 is 9.64 Å². The molecular formula is C24H27FN4O3. The summed E-state index contributed by atoms with van der Waals surface area (Å²) in [6, 6.07) is 7.93. The van der Waals surface area contributed by atoms with Crippen molar-refractivity contribution in [2.75, 3.05) is 6.61 Å². The molecule has 0 spiro atoms. The highest BCUT2D eigenvalue weighted by Gasteiger charge is 2.26. The molecule has 0 saturated heterocycles. The fourth-order valence-electron chi connectivity index (χ4n) is 4.31. The van der Waals surface area contributed by atoms with Crippen LogP contribution < -0.4 is 0 Å². The van der Waals surface area contributed by atoms with Crippen LogP contribution in [0.2, 0.25) is 0 Å². The molecule has 2 heterocycles. The summed E-state index contributed by atoms with van der Waals surface area (Å²) in [5.74, 6) is -1.16. The highest BCUT2D eigenvalue weighted by molar-refractivity contribution is 5.94. The number of aryl methyl sites for hydroxylation is 2. The topological polar surface area (TPSA) is 77.3 Å². The normalized spacial score (nSPS) is 14.5. The van der Waals surface area contributed by atoms with Crippen molar-refractivity contribution >= 4 is 22.9 Å². The Balaban J connectivity index is 1.45. The average molecular weight is 439 g/mol. The molecule has 0 unspecified atom stereocenters. The number of esters is 1. The number of nitrogens with zero attached hydrogens (tertiary/aromatic N) is 4. The van der Waals surface area contributed by atoms with Gasteiger partial charge in [-0.15, -0.1) is 0 Å². The molecular weight excluding hydrogens is 411 g/mol. The van der Waals surface area contributed by atoms with Crippen LogP contribution in [0.25, 0.3) is 11.0 Å². The fourth-order valence-corrected chi connectivity index (χ4v) is 4.31. The van der Waals surface area contributed by atoms with Gasteiger partial charge in [-0.2, -0.15) is 5.10 Å². The summed E-state index contributed by atoms with van der Waals surface area (Å²) in [5.41, 5.74) is 2.57. The molecule has 1 aliphatic carbocycles. The second kappa shape index (κ2) is 9.46. The Labute approximate surface area is 186 Å². The number of halogens is 1. The third-order valence-corrected chi connectivity index (χ3v) is 6.03. The third-order valence-electron chi connectivity index (χ3n) is 6.03. The van der Waals surface area contributed by atoms with Crippen LogP contribution in [0.3, 0.4) is 0 Å². The van der Waals surface area contributed by atoms with Crippen molar-refractivity contribution < 1.29 is 18.7 Å². The lowest BCUT2D eigenvalue weighted by Gasteiger charge is -2.34. The lowest BCUT2D eigenvalue weighted by Crippen LogP contribution is -2.43. The zero-order valence-electron chi connectivity index (χ0n) is 18.4. The number of amides is 1. The summed E-state index contributed by atoms with van der Waals surface area (Å²) in [7, 11) is 1.79. The molecule has 1 aromatic carbocycles. The van der Waals surface area contributed by atoms with E-state index in [1.165, 1.54) is 18.3 Å². The van der Waals surface area contributed by atoms with Gasteiger partial charge in [-0.1, -0.05) is 31.4 Å². The number of carbonyl (C=O) groups excluding carboxylic acids is 2. The van der Waals surface area contributed by atoms with Crippen LogP contribution in [0, 0.1) is 12.7 Å². The highest BCUT2D eigenvalue weighted by Crippen LogP contribution is 2.25. The molecule has 168 valence electrons. The number of fused-ring (bicyclic) bond motifs is 1. The molecule has 3 aromatic rings. The number of hydrogen-bond donors (Lipinski definition) is 0. The van der Waals surface area contributed by atoms with E-state index in [2.05, 4.69) is 10.1 Å². The molecule has 1 amide bonds. The van der Waals surface area contributed by atoms with Crippen LogP contribution in [-0.2, 0) is 23.1 Å². The minimum atomic E-state index is -0.596. The molecule has 4 rings (SSSR count). The molecule has 0 N–H and O–H groups in total. The van der Waals surface area contributed by atoms with E-state index in [0.29, 0.717) is 12.2 Å². The fraction of sp³-hybridized carbons (Fsp3) is 0.417. The maximum absolute atomic E-state index is 13.3. The van der Waals surface area contributed by atoms with Crippen molar-refractivity contribution in [2.24, 2.45) is 7.05 Å². The van der Waals surface area contributed by atoms with Crippen LogP contribution in [-0.4, -0.2) is 44.2 Å². The molecule has 2 aromatic heterocycles. The zero-order valence-corrected chi connectivity index (χ0v) is 18.4. The maximum Gasteiger partial charge on any atom is 0.340 e. The van der Waals surface area contributed by atoms with Gasteiger partial charge in [-0.3, -0.25) is 9.48 Å². The number of aromatic nitrogens is 3. The van der Waals surface area contributed by atoms with E-state index in [9.17, 15) is 14.0 Å². The van der Waals surface area contributed by atoms with Crippen molar-refractivity contribution in [3.05, 3.63) is 59.2 Å². The zero-order chi connectivity index (χ0) is 22.7. The summed E-state index contributed by atoms with van der Waals surface area (Å²) in [6.45, 7) is 1.87. The quantitative estimate of drug-likeness (QED) is 0.545. The Morgan fingerprint density at radius 2 is 1.91 bits per heavy atom. The number of carbonyl (C=O) groups is 2. The Hall–Kier alpha value is -3.29. The Kier molecular flexibility index (Phi) is 6.48. The second-order valence-electron chi connectivity index (χ2n) is 8.32. The third kappa shape index (κ3) is 4.79. The van der Waals surface area contributed by atoms with Crippen molar-refractivity contribution in [3.8, 4) is 0 Å². The van der Waals surface area contributed by atoms with Gasteiger partial charge in [0.15, 0.2) is 12.3 Å². The van der Waals surface area contributed by atoms with Crippen molar-refractivity contribution in [3.63, 3.8) is 0 Å². The van der Waals surface area contributed by atoms with E-state index in [4.69, 9.17) is 4.74 Å². The second-order valence-corrected chi connectivity index (χ2v) is 8.32. The van der Waals surface area contributed by atoms with E-state index >= 15 is 0 Å². The number of pyridine rings is 1. The van der Waals surface area contributed by atoms with Gasteiger partial charge >= 0.3 is 5.97 Å². The maximum atomic E-state index is 13.3. The van der Waals surface area contributed by atoms with Gasteiger partial charge in [0.25, 0.3) is 5.91 Å². The van der Waals surface area contributed by atoms with Crippen LogP contribution in [0.4, 0.5) is 4.39 Å². The SMILES string of the molecule is Cc1nn(C)c2ncc(C(=O)OCC(=O)N(Cc3ccc(F)cc3)C3CCCCC3)cc12. The molecule has 32 heavy (non-hydrogen) atoms. The Morgan fingerprint density at radius 3 is 2.62 bits per heavy atom. The standard InChI is InChI=1S/C24H27FN4O3/c1-16-21-12-18(13-26-23(21)28(2)27-16)24(31)32-15-22(30)29(20-6-4-3-5-7-20)14-17-8-10-19(25)11-9-17/h8-13,20H,3-7,14-15H2,1-2H3. The van der Waals surface area contributed by atoms with Gasteiger partial charge in [-0.05, 0) is 43.5 Å². The molecule has 1 fully saturated rings. The molecule has 0 bridgehead atoms. The van der Waals surface area contributed by atoms with Crippen LogP contribution in [0.15, 0.2) is 36.5 Å². The van der Waals surface area contributed by atoms with E-state index in [-0.39, 0.29) is 29.9 Å². The monoisotopic (exact) mass is 438 g/mol. The smallest absolute Gasteiger partial charge is 0.340 e. The first-order chi connectivity index (χ1) is 15.4. The van der Waals surface area contributed by atoms with Gasteiger partial charge in [0.1, 0.15) is 5.82 Å². The van der Waals surface area contributed by atoms with Crippen LogP contribution in [0.5, 0.6) is 0 Å². The first-order valence-electron chi connectivity index (χ1n) is 10.9. The summed E-state index contributed by atoms with van der Waals surface area (Å²) < 4.78 is 20.3. The Bertz CT molecular complexity index is 1120. The predicted molar refractivity (Wildman–Crippen MR) is 117 cm³/mol. The minimum Gasteiger partial charge on any atom is -0.452 e. The average Bonchev–Trinajstić information content (AvgIpc) is 3.10. The number of hydrogen-bond acceptors (Lipinski definition) is 5. The van der Waals surface area contributed by atoms with Gasteiger partial charge in [0.05, 0.1) is 11.3 Å². The summed E-state index contributed by atoms with van der Waals surface area (Å²) in [6.07, 6.45) is 6.56. The first-order valence-corrected chi connectivity index (χ1v) is 10.9. The van der Waals surface area contributed by atoms with E-state index in [1.807, 2.05) is 6.92 Å². The molecule has 0 aliphatic heterocycles. The Morgan fingerprint density at radius 1 is 1.19 bits per heavy atom. The summed E-state index contributed by atoms with van der Waals surface area (Å²) >= 11 is 0. The summed E-state index contributed by atoms with van der Waals surface area (Å²) in [5, 5.41) is 5.07. The van der Waals surface area contributed by atoms with Crippen LogP contribution in [0.1, 0.15) is 53.7 Å². The van der Waals surface area contributed by atoms with Crippen molar-refractivity contribution in [1.29, 1.82) is 0 Å². The lowest BCUT2D eigenvalue weighted by molar-refractivity contribution is -0.138. The molecule has 0 atom stereocenters. The highest BCUT2D eigenvalue weighted by atomic mass is 19.1. The number of rotatable bonds is 6. The molecule has 7 nitrogen and oxygen atoms in total. The van der Waals surface area contributed by atoms with Crippen LogP contribution >= 0.6 is 0 Å². The molecule has 8 heteroatoms. The van der Waals surface area contributed by atoms with E-state index in [0.717, 1.165) is 48.7 Å². The van der Waals surface area contributed by atoms with Gasteiger partial charge in [0, 0.05) is 31.2 Å². The lowest BCUT2D eigenvalue weighted by atomic mass is 9.93. The van der Waals surface area contributed by atoms with E-state index in [1.54, 1.807) is 34.8 Å². The molecule has 1 aliphatic rings. The van der Waals surface area contributed by atoms with Gasteiger partial charge in [-0.25, -0.2) is 14.2 Å². The predicted octanol–water partition coefficient (Wildman–Crippen LogP) is 3.93. The molecule has 0 radical (unpaired) electrons. The van der Waals surface area contributed by atoms with Crippen molar-refractivity contribution in [1.82, 2.24) is 19.7 Å². The summed E-state index contributed by atoms with van der Waals surface area (Å²) in [4.78, 5) is 31.7. The van der Waals surface area contributed by atoms with E-state index < -0.39 is 5.97 Å². The largest absolute Gasteiger partial charge is 0.452 e. The first kappa shape index (κ1) is 21.9. The number of benzene rings is 1. The number of ether oxygens (including phenoxy) is 1. The minimum absolute atomic E-state index is 0.0936. The molecule has 1 saturated carbocycles.